The minimum Gasteiger partial charge on any atom is -0.467 e. The summed E-state index contributed by atoms with van der Waals surface area (Å²) in [6.45, 7) is 2.02. The number of hydrogen-bond donors (Lipinski definition) is 3. The van der Waals surface area contributed by atoms with E-state index in [1.54, 1.807) is 67.8 Å². The zero-order valence-electron chi connectivity index (χ0n) is 18.0. The van der Waals surface area contributed by atoms with E-state index < -0.39 is 0 Å². The molecule has 1 aromatic carbocycles. The highest BCUT2D eigenvalue weighted by Crippen LogP contribution is 2.28. The minimum atomic E-state index is -0.374. The van der Waals surface area contributed by atoms with Crippen molar-refractivity contribution in [2.24, 2.45) is 0 Å². The van der Waals surface area contributed by atoms with Gasteiger partial charge < -0.3 is 29.3 Å². The van der Waals surface area contributed by atoms with Crippen molar-refractivity contribution in [3.05, 3.63) is 84.1 Å². The predicted octanol–water partition coefficient (Wildman–Crippen LogP) is 4.96. The van der Waals surface area contributed by atoms with Crippen LogP contribution in [-0.2, 0) is 6.54 Å². The Labute approximate surface area is 192 Å². The molecule has 5 aromatic rings. The predicted molar refractivity (Wildman–Crippen MR) is 123 cm³/mol. The fourth-order valence-electron chi connectivity index (χ4n) is 3.42. The van der Waals surface area contributed by atoms with Gasteiger partial charge in [0.05, 0.1) is 35.7 Å². The van der Waals surface area contributed by atoms with E-state index >= 15 is 0 Å². The monoisotopic (exact) mass is 457 g/mol. The third-order valence-corrected chi connectivity index (χ3v) is 5.04. The summed E-state index contributed by atoms with van der Waals surface area (Å²) < 4.78 is 15.9. The van der Waals surface area contributed by atoms with Gasteiger partial charge in [-0.1, -0.05) is 5.16 Å². The molecule has 0 bridgehead atoms. The lowest BCUT2D eigenvalue weighted by molar-refractivity contribution is 0.102. The number of aromatic nitrogens is 2. The molecule has 34 heavy (non-hydrogen) atoms. The molecular weight excluding hydrogens is 438 g/mol. The van der Waals surface area contributed by atoms with Crippen molar-refractivity contribution in [3.63, 3.8) is 0 Å². The molecule has 0 radical (unpaired) electrons. The Bertz CT molecular complexity index is 1440. The molecule has 0 atom stereocenters. The number of rotatable bonds is 6. The molecule has 0 unspecified atom stereocenters. The molecule has 0 fully saturated rings. The third kappa shape index (κ3) is 4.37. The highest BCUT2D eigenvalue weighted by Gasteiger charge is 2.20. The first kappa shape index (κ1) is 21.0. The van der Waals surface area contributed by atoms with Crippen LogP contribution in [0.25, 0.3) is 22.6 Å². The van der Waals surface area contributed by atoms with E-state index in [-0.39, 0.29) is 24.2 Å². The Kier molecular flexibility index (Phi) is 5.53. The van der Waals surface area contributed by atoms with E-state index in [0.717, 1.165) is 0 Å². The normalized spacial score (nSPS) is 10.9. The molecule has 0 spiro atoms. The number of amides is 3. The Morgan fingerprint density at radius 3 is 2.38 bits per heavy atom. The van der Waals surface area contributed by atoms with Gasteiger partial charge in [0, 0.05) is 11.4 Å². The number of carbonyl (C=O) groups is 2. The zero-order chi connectivity index (χ0) is 23.5. The van der Waals surface area contributed by atoms with Crippen LogP contribution in [0.4, 0.5) is 16.2 Å². The Morgan fingerprint density at radius 1 is 0.941 bits per heavy atom. The van der Waals surface area contributed by atoms with Gasteiger partial charge in [-0.05, 0) is 61.5 Å². The van der Waals surface area contributed by atoms with Gasteiger partial charge in [0.1, 0.15) is 11.5 Å². The van der Waals surface area contributed by atoms with Crippen molar-refractivity contribution < 1.29 is 22.9 Å². The second-order valence-corrected chi connectivity index (χ2v) is 7.40. The minimum absolute atomic E-state index is 0.247. The molecular formula is C24H19N5O5. The van der Waals surface area contributed by atoms with Crippen LogP contribution in [0.1, 0.15) is 21.8 Å². The van der Waals surface area contributed by atoms with Crippen LogP contribution in [-0.4, -0.2) is 22.1 Å². The molecule has 0 saturated carbocycles. The number of benzene rings is 1. The lowest BCUT2D eigenvalue weighted by atomic mass is 10.1. The fraction of sp³-hybridized carbons (Fsp3) is 0.0833. The molecule has 0 aliphatic heterocycles. The summed E-state index contributed by atoms with van der Waals surface area (Å²) >= 11 is 0. The van der Waals surface area contributed by atoms with Crippen molar-refractivity contribution in [2.75, 3.05) is 10.6 Å². The highest BCUT2D eigenvalue weighted by molar-refractivity contribution is 6.13. The summed E-state index contributed by atoms with van der Waals surface area (Å²) in [5, 5.41) is 12.7. The van der Waals surface area contributed by atoms with Gasteiger partial charge in [0.2, 0.25) is 0 Å². The molecule has 170 valence electrons. The average Bonchev–Trinajstić information content (AvgIpc) is 3.61. The van der Waals surface area contributed by atoms with Crippen LogP contribution in [0.2, 0.25) is 0 Å². The number of nitrogens with zero attached hydrogens (tertiary/aromatic N) is 2. The first-order chi connectivity index (χ1) is 16.6. The van der Waals surface area contributed by atoms with Gasteiger partial charge in [0.15, 0.2) is 5.76 Å². The van der Waals surface area contributed by atoms with Crippen LogP contribution in [0, 0.1) is 6.92 Å². The van der Waals surface area contributed by atoms with Gasteiger partial charge in [-0.25, -0.2) is 9.78 Å². The summed E-state index contributed by atoms with van der Waals surface area (Å²) in [5.41, 5.74) is 2.73. The SMILES string of the molecule is Cc1noc2nc(-c3ccco3)cc(C(=O)Nc3ccc(NC(=O)NCc4ccco4)cc3)c12. The number of carbonyl (C=O) groups excluding carboxylic acids is 2. The lowest BCUT2D eigenvalue weighted by Crippen LogP contribution is -2.27. The quantitative estimate of drug-likeness (QED) is 0.328. The Morgan fingerprint density at radius 2 is 1.68 bits per heavy atom. The van der Waals surface area contributed by atoms with E-state index in [4.69, 9.17) is 13.4 Å². The van der Waals surface area contributed by atoms with E-state index in [0.29, 0.717) is 45.2 Å². The standard InChI is InChI=1S/C24H19N5O5/c1-14-21-18(12-19(20-5-3-11-33-20)28-23(21)34-29-14)22(30)26-15-6-8-16(9-7-15)27-24(31)25-13-17-4-2-10-32-17/h2-12H,13H2,1H3,(H,26,30)(H2,25,27,31). The zero-order valence-corrected chi connectivity index (χ0v) is 18.0. The van der Waals surface area contributed by atoms with Crippen molar-refractivity contribution in [1.29, 1.82) is 0 Å². The van der Waals surface area contributed by atoms with Crippen LogP contribution in [0.3, 0.4) is 0 Å². The number of aryl methyl sites for hydroxylation is 1. The number of nitrogens with one attached hydrogen (secondary N) is 3. The topological polar surface area (TPSA) is 135 Å². The number of urea groups is 1. The summed E-state index contributed by atoms with van der Waals surface area (Å²) in [6.07, 6.45) is 3.07. The number of fused-ring (bicyclic) bond motifs is 1. The van der Waals surface area contributed by atoms with Gasteiger partial charge in [-0.2, -0.15) is 0 Å². The van der Waals surface area contributed by atoms with E-state index in [1.165, 1.54) is 6.26 Å². The number of hydrogen-bond acceptors (Lipinski definition) is 7. The maximum Gasteiger partial charge on any atom is 0.319 e. The van der Waals surface area contributed by atoms with Gasteiger partial charge in [-0.15, -0.1) is 0 Å². The average molecular weight is 457 g/mol. The second kappa shape index (κ2) is 8.94. The van der Waals surface area contributed by atoms with E-state index in [9.17, 15) is 9.59 Å². The summed E-state index contributed by atoms with van der Waals surface area (Å²) in [4.78, 5) is 29.6. The molecule has 10 heteroatoms. The summed E-state index contributed by atoms with van der Waals surface area (Å²) in [7, 11) is 0. The molecule has 4 heterocycles. The lowest BCUT2D eigenvalue weighted by Gasteiger charge is -2.10. The number of pyridine rings is 1. The van der Waals surface area contributed by atoms with Crippen molar-refractivity contribution >= 4 is 34.4 Å². The Hall–Kier alpha value is -4.86. The molecule has 0 saturated heterocycles. The van der Waals surface area contributed by atoms with Gasteiger partial charge >= 0.3 is 6.03 Å². The molecule has 3 N–H and O–H groups in total. The Balaban J connectivity index is 1.30. The summed E-state index contributed by atoms with van der Waals surface area (Å²) in [5.74, 6) is 0.797. The third-order valence-electron chi connectivity index (χ3n) is 5.04. The number of anilines is 2. The van der Waals surface area contributed by atoms with Crippen molar-refractivity contribution in [2.45, 2.75) is 13.5 Å². The first-order valence-corrected chi connectivity index (χ1v) is 10.4. The highest BCUT2D eigenvalue weighted by atomic mass is 16.5. The molecule has 4 aromatic heterocycles. The van der Waals surface area contributed by atoms with Crippen LogP contribution < -0.4 is 16.0 Å². The van der Waals surface area contributed by atoms with E-state index in [2.05, 4.69) is 26.1 Å². The largest absolute Gasteiger partial charge is 0.467 e. The maximum absolute atomic E-state index is 13.1. The molecule has 0 aliphatic carbocycles. The first-order valence-electron chi connectivity index (χ1n) is 10.4. The molecule has 0 aliphatic rings. The molecule has 5 rings (SSSR count). The van der Waals surface area contributed by atoms with Gasteiger partial charge in [-0.3, -0.25) is 4.79 Å². The van der Waals surface area contributed by atoms with Gasteiger partial charge in [0.25, 0.3) is 11.6 Å². The van der Waals surface area contributed by atoms with Crippen molar-refractivity contribution in [1.82, 2.24) is 15.5 Å². The fourth-order valence-corrected chi connectivity index (χ4v) is 3.42. The summed E-state index contributed by atoms with van der Waals surface area (Å²) in [6, 6.07) is 15.0. The van der Waals surface area contributed by atoms with Crippen LogP contribution in [0.5, 0.6) is 0 Å². The maximum atomic E-state index is 13.1. The van der Waals surface area contributed by atoms with Crippen LogP contribution in [0.15, 0.2) is 80.5 Å². The molecule has 10 nitrogen and oxygen atoms in total. The van der Waals surface area contributed by atoms with Crippen molar-refractivity contribution in [3.8, 4) is 11.5 Å². The smallest absolute Gasteiger partial charge is 0.319 e. The molecule has 3 amide bonds. The van der Waals surface area contributed by atoms with E-state index in [1.807, 2.05) is 0 Å². The second-order valence-electron chi connectivity index (χ2n) is 7.40. The number of furan rings is 2. The van der Waals surface area contributed by atoms with Crippen LogP contribution >= 0.6 is 0 Å².